The van der Waals surface area contributed by atoms with Gasteiger partial charge in [-0.3, -0.25) is 0 Å². The van der Waals surface area contributed by atoms with Crippen LogP contribution in [0, 0.1) is 13.8 Å². The highest BCUT2D eigenvalue weighted by molar-refractivity contribution is 7.80. The smallest absolute Gasteiger partial charge is 0.0740 e. The van der Waals surface area contributed by atoms with Crippen LogP contribution in [-0.4, -0.2) is 23.5 Å². The average molecular weight is 236 g/mol. The molecule has 0 aliphatic carbocycles. The highest BCUT2D eigenvalue weighted by Crippen LogP contribution is 2.12. The molecule has 0 aromatic heterocycles. The lowest BCUT2D eigenvalue weighted by Crippen LogP contribution is -2.23. The fraction of sp³-hybridized carbons (Fsp3) is 0.462. The molecule has 3 heteroatoms. The molecule has 0 atom stereocenters. The lowest BCUT2D eigenvalue weighted by Gasteiger charge is -2.18. The summed E-state index contributed by atoms with van der Waals surface area (Å²) in [5.41, 5.74) is 9.52. The molecule has 0 unspecified atom stereocenters. The number of benzene rings is 1. The van der Waals surface area contributed by atoms with Gasteiger partial charge in [-0.1, -0.05) is 36.0 Å². The van der Waals surface area contributed by atoms with Crippen LogP contribution in [0.2, 0.25) is 0 Å². The van der Waals surface area contributed by atoms with E-state index < -0.39 is 0 Å². The standard InChI is InChI=1S/C13H20N2S/c1-10-4-5-11(2)12(8-10)9-15(3)7-6-13(14)16/h4-5,8H,6-7,9H2,1-3H3,(H2,14,16). The van der Waals surface area contributed by atoms with Crippen LogP contribution >= 0.6 is 12.2 Å². The second-order valence-corrected chi connectivity index (χ2v) is 4.91. The summed E-state index contributed by atoms with van der Waals surface area (Å²) in [7, 11) is 2.10. The summed E-state index contributed by atoms with van der Waals surface area (Å²) in [5.74, 6) is 0. The topological polar surface area (TPSA) is 29.3 Å². The number of hydrogen-bond donors (Lipinski definition) is 1. The van der Waals surface area contributed by atoms with Crippen LogP contribution in [0.4, 0.5) is 0 Å². The van der Waals surface area contributed by atoms with Crippen molar-refractivity contribution in [2.45, 2.75) is 26.8 Å². The zero-order chi connectivity index (χ0) is 12.1. The van der Waals surface area contributed by atoms with Gasteiger partial charge in [-0.25, -0.2) is 0 Å². The van der Waals surface area contributed by atoms with Gasteiger partial charge in [0.1, 0.15) is 0 Å². The van der Waals surface area contributed by atoms with Gasteiger partial charge in [0, 0.05) is 19.5 Å². The van der Waals surface area contributed by atoms with Crippen molar-refractivity contribution in [2.75, 3.05) is 13.6 Å². The van der Waals surface area contributed by atoms with Crippen LogP contribution in [0.3, 0.4) is 0 Å². The minimum Gasteiger partial charge on any atom is -0.393 e. The molecule has 0 radical (unpaired) electrons. The van der Waals surface area contributed by atoms with Crippen LogP contribution in [-0.2, 0) is 6.54 Å². The van der Waals surface area contributed by atoms with Gasteiger partial charge in [-0.05, 0) is 32.0 Å². The van der Waals surface area contributed by atoms with Crippen LogP contribution in [0.25, 0.3) is 0 Å². The third-order valence-corrected chi connectivity index (χ3v) is 2.89. The van der Waals surface area contributed by atoms with Crippen molar-refractivity contribution in [3.05, 3.63) is 34.9 Å². The van der Waals surface area contributed by atoms with E-state index in [1.165, 1.54) is 16.7 Å². The van der Waals surface area contributed by atoms with Crippen LogP contribution in [0.5, 0.6) is 0 Å². The predicted octanol–water partition coefficient (Wildman–Crippen LogP) is 2.41. The molecule has 88 valence electrons. The fourth-order valence-electron chi connectivity index (χ4n) is 1.64. The lowest BCUT2D eigenvalue weighted by atomic mass is 10.1. The number of rotatable bonds is 5. The number of hydrogen-bond acceptors (Lipinski definition) is 2. The van der Waals surface area contributed by atoms with Crippen molar-refractivity contribution in [2.24, 2.45) is 5.73 Å². The van der Waals surface area contributed by atoms with Gasteiger partial charge in [0.15, 0.2) is 0 Å². The van der Waals surface area contributed by atoms with E-state index in [1.54, 1.807) is 0 Å². The van der Waals surface area contributed by atoms with Gasteiger partial charge in [0.25, 0.3) is 0 Å². The fourth-order valence-corrected chi connectivity index (χ4v) is 1.73. The Morgan fingerprint density at radius 1 is 1.38 bits per heavy atom. The van der Waals surface area contributed by atoms with Gasteiger partial charge >= 0.3 is 0 Å². The van der Waals surface area contributed by atoms with Crippen LogP contribution < -0.4 is 5.73 Å². The van der Waals surface area contributed by atoms with Crippen molar-refractivity contribution in [3.63, 3.8) is 0 Å². The molecule has 2 nitrogen and oxygen atoms in total. The molecule has 2 N–H and O–H groups in total. The maximum atomic E-state index is 5.49. The highest BCUT2D eigenvalue weighted by atomic mass is 32.1. The SMILES string of the molecule is Cc1ccc(C)c(CN(C)CCC(N)=S)c1. The molecule has 1 aromatic rings. The minimum atomic E-state index is 0.591. The molecule has 0 aliphatic rings. The molecule has 0 fully saturated rings. The lowest BCUT2D eigenvalue weighted by molar-refractivity contribution is 0.336. The molecule has 16 heavy (non-hydrogen) atoms. The minimum absolute atomic E-state index is 0.591. The van der Waals surface area contributed by atoms with Crippen LogP contribution in [0.15, 0.2) is 18.2 Å². The summed E-state index contributed by atoms with van der Waals surface area (Å²) in [6.45, 7) is 6.15. The first kappa shape index (κ1) is 13.1. The first-order valence-corrected chi connectivity index (χ1v) is 5.93. The maximum Gasteiger partial charge on any atom is 0.0740 e. The van der Waals surface area contributed by atoms with Crippen molar-refractivity contribution in [1.29, 1.82) is 0 Å². The summed E-state index contributed by atoms with van der Waals surface area (Å²) in [6.07, 6.45) is 0.788. The van der Waals surface area contributed by atoms with Crippen LogP contribution in [0.1, 0.15) is 23.1 Å². The Morgan fingerprint density at radius 2 is 2.06 bits per heavy atom. The van der Waals surface area contributed by atoms with Gasteiger partial charge < -0.3 is 10.6 Å². The molecule has 0 heterocycles. The number of aryl methyl sites for hydroxylation is 2. The Hall–Kier alpha value is -0.930. The summed E-state index contributed by atoms with van der Waals surface area (Å²) in [5, 5.41) is 0. The number of thiocarbonyl (C=S) groups is 1. The maximum absolute atomic E-state index is 5.49. The third kappa shape index (κ3) is 4.29. The Balaban J connectivity index is 2.58. The van der Waals surface area contributed by atoms with Gasteiger partial charge in [-0.2, -0.15) is 0 Å². The second-order valence-electron chi connectivity index (χ2n) is 4.38. The molecule has 0 spiro atoms. The molecule has 0 bridgehead atoms. The molecule has 0 saturated carbocycles. The summed E-state index contributed by atoms with van der Waals surface area (Å²) in [6, 6.07) is 6.56. The van der Waals surface area contributed by atoms with E-state index in [9.17, 15) is 0 Å². The Kier molecular flexibility index (Phi) is 4.90. The quantitative estimate of drug-likeness (QED) is 0.796. The molecule has 0 amide bonds. The van der Waals surface area contributed by atoms with E-state index in [-0.39, 0.29) is 0 Å². The van der Waals surface area contributed by atoms with E-state index in [0.29, 0.717) is 4.99 Å². The van der Waals surface area contributed by atoms with E-state index in [2.05, 4.69) is 44.0 Å². The zero-order valence-electron chi connectivity index (χ0n) is 10.3. The third-order valence-electron chi connectivity index (χ3n) is 2.68. The molecule has 1 aromatic carbocycles. The Labute approximate surface area is 103 Å². The predicted molar refractivity (Wildman–Crippen MR) is 73.7 cm³/mol. The summed E-state index contributed by atoms with van der Waals surface area (Å²) in [4.78, 5) is 2.84. The molecular formula is C13H20N2S. The van der Waals surface area contributed by atoms with E-state index in [4.69, 9.17) is 18.0 Å². The van der Waals surface area contributed by atoms with Crippen molar-refractivity contribution in [1.82, 2.24) is 4.90 Å². The van der Waals surface area contributed by atoms with E-state index >= 15 is 0 Å². The first-order chi connectivity index (χ1) is 7.49. The molecule has 1 rings (SSSR count). The van der Waals surface area contributed by atoms with E-state index in [0.717, 1.165) is 19.5 Å². The second kappa shape index (κ2) is 5.97. The summed E-state index contributed by atoms with van der Waals surface area (Å²) < 4.78 is 0. The van der Waals surface area contributed by atoms with Gasteiger partial charge in [-0.15, -0.1) is 0 Å². The normalized spacial score (nSPS) is 10.8. The van der Waals surface area contributed by atoms with Gasteiger partial charge in [0.2, 0.25) is 0 Å². The Morgan fingerprint density at radius 3 is 2.69 bits per heavy atom. The van der Waals surface area contributed by atoms with Gasteiger partial charge in [0.05, 0.1) is 4.99 Å². The first-order valence-electron chi connectivity index (χ1n) is 5.52. The zero-order valence-corrected chi connectivity index (χ0v) is 11.1. The number of nitrogens with zero attached hydrogens (tertiary/aromatic N) is 1. The molecule has 0 saturated heterocycles. The molecule has 0 aliphatic heterocycles. The molecular weight excluding hydrogens is 216 g/mol. The highest BCUT2D eigenvalue weighted by Gasteiger charge is 2.04. The van der Waals surface area contributed by atoms with E-state index in [1.807, 2.05) is 0 Å². The van der Waals surface area contributed by atoms with Crippen molar-refractivity contribution >= 4 is 17.2 Å². The largest absolute Gasteiger partial charge is 0.393 e. The number of nitrogens with two attached hydrogens (primary N) is 1. The van der Waals surface area contributed by atoms with Crippen molar-refractivity contribution in [3.8, 4) is 0 Å². The van der Waals surface area contributed by atoms with Crippen molar-refractivity contribution < 1.29 is 0 Å². The monoisotopic (exact) mass is 236 g/mol. The average Bonchev–Trinajstić information content (AvgIpc) is 2.20. The Bertz CT molecular complexity index is 374. The summed E-state index contributed by atoms with van der Waals surface area (Å²) >= 11 is 4.88.